The monoisotopic (exact) mass is 923 g/mol. The molecule has 0 aliphatic carbocycles. The molecule has 9 nitrogen and oxygen atoms in total. The fourth-order valence-electron chi connectivity index (χ4n) is 7.58. The minimum atomic E-state index is -0.371. The van der Waals surface area contributed by atoms with Crippen molar-refractivity contribution in [2.75, 3.05) is 68.3 Å². The molecule has 4 aromatic rings. The molecule has 63 heavy (non-hydrogen) atoms. The zero-order valence-electron chi connectivity index (χ0n) is 40.0. The van der Waals surface area contributed by atoms with E-state index in [0.717, 1.165) is 47.5 Å². The minimum Gasteiger partial charge on any atom is -0.413 e. The number of nitrogens with zero attached hydrogens (tertiary/aromatic N) is 2. The number of hydrogen-bond acceptors (Lipinski definition) is 9. The van der Waals surface area contributed by atoms with Crippen LogP contribution in [0.5, 0.6) is 0 Å². The molecule has 13 heteroatoms. The maximum absolute atomic E-state index is 6.46. The highest BCUT2D eigenvalue weighted by Gasteiger charge is 2.47. The molecule has 0 saturated carbocycles. The van der Waals surface area contributed by atoms with Gasteiger partial charge in [-0.3, -0.25) is 0 Å². The van der Waals surface area contributed by atoms with E-state index in [9.17, 15) is 0 Å². The maximum atomic E-state index is 6.46. The SMILES string of the molecule is CC(C)CN(Cc1ccccc1)c1ccc(B2OCC(C)(C)CO2)cc1N.CC1(C)COB(B2OCC(C)(C)CO2)OC1.Cc1cc(Br)ccc1N(Cc1ccccc1)CC(C)C. The van der Waals surface area contributed by atoms with Crippen LogP contribution in [0.3, 0.4) is 0 Å². The molecular weight excluding hydrogens is 851 g/mol. The molecule has 3 aliphatic heterocycles. The lowest BCUT2D eigenvalue weighted by atomic mass is 9.47. The van der Waals surface area contributed by atoms with Gasteiger partial charge in [0.2, 0.25) is 0 Å². The number of rotatable bonds is 12. The fraction of sp³-hybridized carbons (Fsp3) is 0.520. The van der Waals surface area contributed by atoms with Crippen LogP contribution in [-0.2, 0) is 41.0 Å². The lowest BCUT2D eigenvalue weighted by Crippen LogP contribution is -2.56. The van der Waals surface area contributed by atoms with Crippen LogP contribution in [0.4, 0.5) is 17.1 Å². The summed E-state index contributed by atoms with van der Waals surface area (Å²) in [6, 6.07) is 33.9. The highest BCUT2D eigenvalue weighted by Crippen LogP contribution is 2.30. The lowest BCUT2D eigenvalue weighted by molar-refractivity contribution is 0.00624. The molecule has 3 heterocycles. The van der Waals surface area contributed by atoms with Crippen molar-refractivity contribution in [1.82, 2.24) is 0 Å². The van der Waals surface area contributed by atoms with E-state index < -0.39 is 0 Å². The molecule has 0 spiro atoms. The maximum Gasteiger partial charge on any atom is 0.493 e. The third-order valence-electron chi connectivity index (χ3n) is 10.8. The second kappa shape index (κ2) is 23.3. The predicted octanol–water partition coefficient (Wildman–Crippen LogP) is 10.3. The molecule has 0 bridgehead atoms. The summed E-state index contributed by atoms with van der Waals surface area (Å²) in [5.41, 5.74) is 14.8. The number of halogens is 1. The second-order valence-corrected chi connectivity index (χ2v) is 21.6. The van der Waals surface area contributed by atoms with E-state index in [2.05, 4.69) is 187 Å². The van der Waals surface area contributed by atoms with Gasteiger partial charge in [0.05, 0.1) is 11.4 Å². The van der Waals surface area contributed by atoms with Crippen molar-refractivity contribution < 1.29 is 27.9 Å². The smallest absolute Gasteiger partial charge is 0.413 e. The average Bonchev–Trinajstić information content (AvgIpc) is 3.21. The summed E-state index contributed by atoms with van der Waals surface area (Å²) < 4.78 is 35.5. The van der Waals surface area contributed by atoms with Crippen molar-refractivity contribution in [3.63, 3.8) is 0 Å². The van der Waals surface area contributed by atoms with Crippen molar-refractivity contribution in [1.29, 1.82) is 0 Å². The topological polar surface area (TPSA) is 87.9 Å². The van der Waals surface area contributed by atoms with Crippen LogP contribution >= 0.6 is 15.9 Å². The summed E-state index contributed by atoms with van der Waals surface area (Å²) in [5, 5.41) is 0. The average molecular weight is 924 g/mol. The summed E-state index contributed by atoms with van der Waals surface area (Å²) >= 11 is 3.54. The van der Waals surface area contributed by atoms with Gasteiger partial charge in [0.25, 0.3) is 0 Å². The van der Waals surface area contributed by atoms with Crippen molar-refractivity contribution >= 4 is 59.6 Å². The predicted molar refractivity (Wildman–Crippen MR) is 268 cm³/mol. The summed E-state index contributed by atoms with van der Waals surface area (Å²) in [6.07, 6.45) is 0. The molecule has 7 rings (SSSR count). The Bertz CT molecular complexity index is 1930. The largest absolute Gasteiger partial charge is 0.493 e. The van der Waals surface area contributed by atoms with Gasteiger partial charge < -0.3 is 43.5 Å². The van der Waals surface area contributed by atoms with E-state index in [4.69, 9.17) is 33.7 Å². The van der Waals surface area contributed by atoms with E-state index in [1.807, 2.05) is 12.1 Å². The van der Waals surface area contributed by atoms with Gasteiger partial charge in [-0.2, -0.15) is 0 Å². The molecular formula is C50H73B3BrN3O6. The molecule has 0 unspecified atom stereocenters. The Morgan fingerprint density at radius 1 is 0.556 bits per heavy atom. The molecule has 3 aliphatic rings. The van der Waals surface area contributed by atoms with Crippen molar-refractivity contribution in [3.8, 4) is 0 Å². The second-order valence-electron chi connectivity index (χ2n) is 20.7. The minimum absolute atomic E-state index is 0.0612. The van der Waals surface area contributed by atoms with E-state index in [-0.39, 0.29) is 37.4 Å². The molecule has 2 N–H and O–H groups in total. The van der Waals surface area contributed by atoms with Gasteiger partial charge in [0.15, 0.2) is 0 Å². The van der Waals surface area contributed by atoms with Gasteiger partial charge in [-0.05, 0) is 71.2 Å². The summed E-state index contributed by atoms with van der Waals surface area (Å²) in [7, 11) is -1.07. The molecule has 4 aromatic carbocycles. The van der Waals surface area contributed by atoms with Crippen molar-refractivity contribution in [2.45, 2.75) is 89.3 Å². The number of benzene rings is 4. The summed E-state index contributed by atoms with van der Waals surface area (Å²) in [4.78, 5) is 4.83. The summed E-state index contributed by atoms with van der Waals surface area (Å²) in [6.45, 7) is 31.9. The van der Waals surface area contributed by atoms with Gasteiger partial charge in [-0.25, -0.2) is 0 Å². The zero-order chi connectivity index (χ0) is 45.8. The van der Waals surface area contributed by atoms with Gasteiger partial charge >= 0.3 is 21.1 Å². The molecule has 0 amide bonds. The Morgan fingerprint density at radius 2 is 0.952 bits per heavy atom. The van der Waals surface area contributed by atoms with Crippen LogP contribution < -0.4 is 21.0 Å². The van der Waals surface area contributed by atoms with Crippen molar-refractivity contribution in [3.05, 3.63) is 118 Å². The quantitative estimate of drug-likeness (QED) is 0.110. The zero-order valence-corrected chi connectivity index (χ0v) is 41.6. The molecule has 0 atom stereocenters. The first kappa shape index (κ1) is 50.7. The number of anilines is 3. The van der Waals surface area contributed by atoms with Gasteiger partial charge in [0.1, 0.15) is 0 Å². The number of hydrogen-bond donors (Lipinski definition) is 1. The first-order valence-electron chi connectivity index (χ1n) is 22.7. The Balaban J connectivity index is 0.000000185. The normalized spacial score (nSPS) is 18.0. The molecule has 3 fully saturated rings. The molecule has 3 saturated heterocycles. The third kappa shape index (κ3) is 16.6. The van der Waals surface area contributed by atoms with Crippen LogP contribution in [0.1, 0.15) is 85.9 Å². The van der Waals surface area contributed by atoms with Crippen molar-refractivity contribution in [2.24, 2.45) is 28.1 Å². The Morgan fingerprint density at radius 3 is 1.35 bits per heavy atom. The van der Waals surface area contributed by atoms with E-state index >= 15 is 0 Å². The van der Waals surface area contributed by atoms with Gasteiger partial charge in [-0.1, -0.05) is 152 Å². The third-order valence-corrected chi connectivity index (χ3v) is 11.3. The molecule has 0 radical (unpaired) electrons. The Hall–Kier alpha value is -3.29. The fourth-order valence-corrected chi connectivity index (χ4v) is 8.05. The van der Waals surface area contributed by atoms with Crippen LogP contribution in [0.2, 0.25) is 0 Å². The Kier molecular flexibility index (Phi) is 18.7. The highest BCUT2D eigenvalue weighted by atomic mass is 79.9. The number of nitrogens with two attached hydrogens (primary N) is 1. The number of aryl methyl sites for hydroxylation is 1. The summed E-state index contributed by atoms with van der Waals surface area (Å²) in [5.74, 6) is 1.18. The first-order chi connectivity index (χ1) is 29.8. The molecule has 340 valence electrons. The van der Waals surface area contributed by atoms with Crippen LogP contribution in [0, 0.1) is 35.0 Å². The Labute approximate surface area is 389 Å². The van der Waals surface area contributed by atoms with E-state index in [1.165, 1.54) is 22.4 Å². The van der Waals surface area contributed by atoms with Crippen LogP contribution in [-0.4, -0.2) is 73.9 Å². The standard InChI is InChI=1S/C22H31BN2O2.C18H22BrN.C10H20B2O4/c1-17(2)13-25(14-18-8-6-5-7-9-18)21-11-10-19(12-20(21)24)23-26-15-22(3,4)16-27-23;1-14(2)12-20(13-16-7-5-4-6-8-16)18-10-9-17(19)11-15(18)3;1-9(2)5-13-11(14-6-9)12-15-7-10(3,4)8-16-12/h5-12,17H,13-16,24H2,1-4H3;4-11,14H,12-13H2,1-3H3;5-8H2,1-4H3. The van der Waals surface area contributed by atoms with Gasteiger partial charge in [0, 0.05) is 92.2 Å². The van der Waals surface area contributed by atoms with Gasteiger partial charge in [-0.15, -0.1) is 0 Å². The molecule has 0 aromatic heterocycles. The van der Waals surface area contributed by atoms with Crippen LogP contribution in [0.25, 0.3) is 0 Å². The van der Waals surface area contributed by atoms with E-state index in [0.29, 0.717) is 51.5 Å². The lowest BCUT2D eigenvalue weighted by Gasteiger charge is -2.38. The highest BCUT2D eigenvalue weighted by molar-refractivity contribution is 9.10. The van der Waals surface area contributed by atoms with Crippen LogP contribution in [0.15, 0.2) is 102 Å². The number of nitrogen functional groups attached to an aromatic ring is 1. The van der Waals surface area contributed by atoms with E-state index in [1.54, 1.807) is 0 Å². The first-order valence-corrected chi connectivity index (χ1v) is 23.5.